The maximum atomic E-state index is 11.8. The number of rotatable bonds is 4. The molecule has 1 aromatic rings. The summed E-state index contributed by atoms with van der Waals surface area (Å²) in [6.07, 6.45) is -3.17. The SMILES string of the molecule is Nc1cccnc1S(=O)CC(=O)NCC(F)(F)F. The van der Waals surface area contributed by atoms with E-state index in [-0.39, 0.29) is 10.7 Å². The summed E-state index contributed by atoms with van der Waals surface area (Å²) in [6.45, 7) is -1.46. The van der Waals surface area contributed by atoms with Crippen LogP contribution < -0.4 is 11.1 Å². The maximum Gasteiger partial charge on any atom is 0.405 e. The van der Waals surface area contributed by atoms with E-state index in [1.807, 2.05) is 0 Å². The Morgan fingerprint density at radius 2 is 2.17 bits per heavy atom. The summed E-state index contributed by atoms with van der Waals surface area (Å²) in [7, 11) is -1.87. The Morgan fingerprint density at radius 1 is 1.50 bits per heavy atom. The average molecular weight is 281 g/mol. The molecule has 0 aliphatic heterocycles. The minimum Gasteiger partial charge on any atom is -0.396 e. The van der Waals surface area contributed by atoms with E-state index in [0.717, 1.165) is 0 Å². The molecule has 0 aliphatic rings. The van der Waals surface area contributed by atoms with Crippen molar-refractivity contribution in [1.82, 2.24) is 10.3 Å². The quantitative estimate of drug-likeness (QED) is 0.839. The molecule has 3 N–H and O–H groups in total. The first-order chi connectivity index (χ1) is 8.29. The molecule has 18 heavy (non-hydrogen) atoms. The van der Waals surface area contributed by atoms with Gasteiger partial charge in [0.05, 0.1) is 16.5 Å². The van der Waals surface area contributed by atoms with Gasteiger partial charge < -0.3 is 11.1 Å². The smallest absolute Gasteiger partial charge is 0.396 e. The lowest BCUT2D eigenvalue weighted by Gasteiger charge is -2.08. The second-order valence-corrected chi connectivity index (χ2v) is 4.65. The Kier molecular flexibility index (Phi) is 4.65. The second-order valence-electron chi connectivity index (χ2n) is 3.28. The molecule has 0 saturated carbocycles. The third-order valence-corrected chi connectivity index (χ3v) is 3.06. The van der Waals surface area contributed by atoms with E-state index in [1.165, 1.54) is 18.3 Å². The van der Waals surface area contributed by atoms with Gasteiger partial charge in [-0.3, -0.25) is 9.00 Å². The van der Waals surface area contributed by atoms with Gasteiger partial charge in [-0.2, -0.15) is 13.2 Å². The lowest BCUT2D eigenvalue weighted by molar-refractivity contribution is -0.136. The normalized spacial score (nSPS) is 13.1. The highest BCUT2D eigenvalue weighted by molar-refractivity contribution is 7.85. The van der Waals surface area contributed by atoms with Gasteiger partial charge in [-0.15, -0.1) is 0 Å². The highest BCUT2D eigenvalue weighted by Gasteiger charge is 2.28. The predicted molar refractivity (Wildman–Crippen MR) is 59.0 cm³/mol. The lowest BCUT2D eigenvalue weighted by Crippen LogP contribution is -2.36. The van der Waals surface area contributed by atoms with E-state index < -0.39 is 35.2 Å². The van der Waals surface area contributed by atoms with Crippen molar-refractivity contribution in [3.8, 4) is 0 Å². The largest absolute Gasteiger partial charge is 0.405 e. The van der Waals surface area contributed by atoms with Gasteiger partial charge in [0.15, 0.2) is 5.03 Å². The molecular formula is C9H10F3N3O2S. The van der Waals surface area contributed by atoms with Crippen molar-refractivity contribution in [2.24, 2.45) is 0 Å². The van der Waals surface area contributed by atoms with Crippen molar-refractivity contribution in [2.75, 3.05) is 18.0 Å². The molecule has 1 rings (SSSR count). The molecule has 0 bridgehead atoms. The fraction of sp³-hybridized carbons (Fsp3) is 0.333. The Morgan fingerprint density at radius 3 is 2.72 bits per heavy atom. The number of pyridine rings is 1. The first-order valence-electron chi connectivity index (χ1n) is 4.72. The number of carbonyl (C=O) groups excluding carboxylic acids is 1. The number of amides is 1. The molecule has 1 amide bonds. The summed E-state index contributed by atoms with van der Waals surface area (Å²) < 4.78 is 47.1. The van der Waals surface area contributed by atoms with Gasteiger partial charge in [0.2, 0.25) is 5.91 Å². The number of nitrogen functional groups attached to an aromatic ring is 1. The Hall–Kier alpha value is -1.64. The first-order valence-corrected chi connectivity index (χ1v) is 6.04. The van der Waals surface area contributed by atoms with E-state index in [9.17, 15) is 22.2 Å². The minimum absolute atomic E-state index is 0.0142. The zero-order valence-corrected chi connectivity index (χ0v) is 9.85. The van der Waals surface area contributed by atoms with Crippen LogP contribution in [0, 0.1) is 0 Å². The molecule has 9 heteroatoms. The van der Waals surface area contributed by atoms with Crippen LogP contribution in [0.5, 0.6) is 0 Å². The molecule has 100 valence electrons. The van der Waals surface area contributed by atoms with Gasteiger partial charge in [-0.1, -0.05) is 0 Å². The van der Waals surface area contributed by atoms with E-state index in [4.69, 9.17) is 5.73 Å². The molecule has 1 unspecified atom stereocenters. The van der Waals surface area contributed by atoms with Crippen LogP contribution in [-0.2, 0) is 15.6 Å². The molecule has 0 aromatic carbocycles. The number of hydrogen-bond donors (Lipinski definition) is 2. The number of nitrogens with one attached hydrogen (secondary N) is 1. The number of anilines is 1. The van der Waals surface area contributed by atoms with Crippen molar-refractivity contribution in [3.63, 3.8) is 0 Å². The van der Waals surface area contributed by atoms with Crippen LogP contribution in [0.3, 0.4) is 0 Å². The van der Waals surface area contributed by atoms with E-state index >= 15 is 0 Å². The summed E-state index contributed by atoms with van der Waals surface area (Å²) >= 11 is 0. The molecule has 0 fully saturated rings. The molecule has 0 radical (unpaired) electrons. The standard InChI is InChI=1S/C9H10F3N3O2S/c10-9(11,12)5-15-7(16)4-18(17)8-6(13)2-1-3-14-8/h1-3H,4-5,13H2,(H,15,16). The van der Waals surface area contributed by atoms with Crippen LogP contribution in [0.2, 0.25) is 0 Å². The van der Waals surface area contributed by atoms with Gasteiger partial charge in [0, 0.05) is 6.20 Å². The highest BCUT2D eigenvalue weighted by Crippen LogP contribution is 2.13. The third kappa shape index (κ3) is 4.70. The predicted octanol–water partition coefficient (Wildman–Crippen LogP) is 0.450. The number of nitrogens with zero attached hydrogens (tertiary/aromatic N) is 1. The molecule has 1 atom stereocenters. The number of carbonyl (C=O) groups is 1. The van der Waals surface area contributed by atoms with E-state index in [0.29, 0.717) is 0 Å². The summed E-state index contributed by atoms with van der Waals surface area (Å²) in [6, 6.07) is 2.95. The van der Waals surface area contributed by atoms with Crippen molar-refractivity contribution in [1.29, 1.82) is 0 Å². The zero-order valence-electron chi connectivity index (χ0n) is 9.03. The Balaban J connectivity index is 2.56. The highest BCUT2D eigenvalue weighted by atomic mass is 32.2. The monoisotopic (exact) mass is 281 g/mol. The van der Waals surface area contributed by atoms with Gasteiger partial charge in [0.1, 0.15) is 12.3 Å². The molecule has 0 aliphatic carbocycles. The summed E-state index contributed by atoms with van der Waals surface area (Å²) in [5, 5.41) is 1.60. The zero-order chi connectivity index (χ0) is 13.8. The molecule has 1 aromatic heterocycles. The summed E-state index contributed by atoms with van der Waals surface area (Å²) in [5.41, 5.74) is 5.60. The van der Waals surface area contributed by atoms with Crippen LogP contribution in [0.15, 0.2) is 23.4 Å². The first kappa shape index (κ1) is 14.4. The van der Waals surface area contributed by atoms with Crippen LogP contribution in [0.25, 0.3) is 0 Å². The van der Waals surface area contributed by atoms with Crippen molar-refractivity contribution >= 4 is 22.4 Å². The van der Waals surface area contributed by atoms with E-state index in [2.05, 4.69) is 4.98 Å². The third-order valence-electron chi connectivity index (χ3n) is 1.76. The Labute approximate surface area is 103 Å². The maximum absolute atomic E-state index is 11.8. The summed E-state index contributed by atoms with van der Waals surface area (Å²) in [4.78, 5) is 14.8. The summed E-state index contributed by atoms with van der Waals surface area (Å²) in [5.74, 6) is -1.59. The number of hydrogen-bond acceptors (Lipinski definition) is 4. The fourth-order valence-corrected chi connectivity index (χ4v) is 2.02. The fourth-order valence-electron chi connectivity index (χ4n) is 1.03. The number of aromatic nitrogens is 1. The van der Waals surface area contributed by atoms with E-state index in [1.54, 1.807) is 5.32 Å². The van der Waals surface area contributed by atoms with Crippen LogP contribution in [0.4, 0.5) is 18.9 Å². The average Bonchev–Trinajstić information content (AvgIpc) is 2.26. The van der Waals surface area contributed by atoms with Gasteiger partial charge in [-0.05, 0) is 12.1 Å². The molecule has 0 saturated heterocycles. The number of halogens is 3. The molecule has 1 heterocycles. The molecule has 0 spiro atoms. The number of nitrogens with two attached hydrogens (primary N) is 1. The van der Waals surface area contributed by atoms with Crippen LogP contribution in [-0.4, -0.2) is 33.6 Å². The second kappa shape index (κ2) is 5.80. The topological polar surface area (TPSA) is 85.1 Å². The van der Waals surface area contributed by atoms with Crippen molar-refractivity contribution in [2.45, 2.75) is 11.2 Å². The Bertz CT molecular complexity index is 465. The molecule has 5 nitrogen and oxygen atoms in total. The van der Waals surface area contributed by atoms with Gasteiger partial charge in [-0.25, -0.2) is 4.98 Å². The number of alkyl halides is 3. The van der Waals surface area contributed by atoms with Gasteiger partial charge in [0.25, 0.3) is 0 Å². The van der Waals surface area contributed by atoms with Crippen LogP contribution >= 0.6 is 0 Å². The van der Waals surface area contributed by atoms with Gasteiger partial charge >= 0.3 is 6.18 Å². The minimum atomic E-state index is -4.50. The van der Waals surface area contributed by atoms with Crippen molar-refractivity contribution < 1.29 is 22.2 Å². The van der Waals surface area contributed by atoms with Crippen LogP contribution in [0.1, 0.15) is 0 Å². The van der Waals surface area contributed by atoms with Crippen molar-refractivity contribution in [3.05, 3.63) is 18.3 Å². The lowest BCUT2D eigenvalue weighted by atomic mass is 10.4. The molecular weight excluding hydrogens is 271 g/mol.